The molecule has 0 aromatic rings. The molecule has 0 spiro atoms. The third-order valence-corrected chi connectivity index (χ3v) is 3.91. The Morgan fingerprint density at radius 3 is 2.93 bits per heavy atom. The third-order valence-electron chi connectivity index (χ3n) is 3.91. The summed E-state index contributed by atoms with van der Waals surface area (Å²) in [4.78, 5) is 0. The smallest absolute Gasteiger partial charge is 0.0582 e. The van der Waals surface area contributed by atoms with Gasteiger partial charge in [0.05, 0.1) is 6.61 Å². The van der Waals surface area contributed by atoms with Crippen LogP contribution >= 0.6 is 0 Å². The Kier molecular flexibility index (Phi) is 3.42. The van der Waals surface area contributed by atoms with Crippen LogP contribution in [0.2, 0.25) is 0 Å². The highest BCUT2D eigenvalue weighted by Crippen LogP contribution is 2.36. The molecule has 1 saturated carbocycles. The van der Waals surface area contributed by atoms with Gasteiger partial charge >= 0.3 is 0 Å². The first kappa shape index (κ1) is 10.4. The molecular formula is C11H22N2O. The molecule has 82 valence electrons. The van der Waals surface area contributed by atoms with Gasteiger partial charge in [-0.15, -0.1) is 0 Å². The summed E-state index contributed by atoms with van der Waals surface area (Å²) in [7, 11) is 0. The molecule has 0 aromatic heterocycles. The number of aliphatic hydroxyl groups excluding tert-OH is 1. The number of aliphatic hydroxyl groups is 1. The van der Waals surface area contributed by atoms with Gasteiger partial charge < -0.3 is 16.2 Å². The maximum atomic E-state index is 8.95. The zero-order chi connectivity index (χ0) is 9.97. The predicted octanol–water partition coefficient (Wildman–Crippen LogP) is 0.474. The number of nitrogens with one attached hydrogen (secondary N) is 1. The fraction of sp³-hybridized carbons (Fsp3) is 1.00. The molecule has 14 heavy (non-hydrogen) atoms. The van der Waals surface area contributed by atoms with Gasteiger partial charge in [0.1, 0.15) is 0 Å². The van der Waals surface area contributed by atoms with E-state index in [9.17, 15) is 0 Å². The van der Waals surface area contributed by atoms with Crippen molar-refractivity contribution in [3.05, 3.63) is 0 Å². The van der Waals surface area contributed by atoms with Crippen LogP contribution in [0.4, 0.5) is 0 Å². The molecule has 1 aliphatic carbocycles. The third kappa shape index (κ3) is 2.10. The molecule has 3 heteroatoms. The molecule has 2 aliphatic rings. The fourth-order valence-electron chi connectivity index (χ4n) is 3.15. The van der Waals surface area contributed by atoms with E-state index < -0.39 is 0 Å². The van der Waals surface area contributed by atoms with E-state index in [1.54, 1.807) is 0 Å². The molecule has 0 aromatic carbocycles. The van der Waals surface area contributed by atoms with Crippen LogP contribution < -0.4 is 11.1 Å². The minimum absolute atomic E-state index is 0.0116. The van der Waals surface area contributed by atoms with Gasteiger partial charge in [-0.3, -0.25) is 0 Å². The summed E-state index contributed by atoms with van der Waals surface area (Å²) >= 11 is 0. The summed E-state index contributed by atoms with van der Waals surface area (Å²) < 4.78 is 0. The van der Waals surface area contributed by atoms with E-state index in [1.807, 2.05) is 0 Å². The second-order valence-electron chi connectivity index (χ2n) is 4.90. The van der Waals surface area contributed by atoms with Crippen LogP contribution in [0.5, 0.6) is 0 Å². The Morgan fingerprint density at radius 2 is 2.14 bits per heavy atom. The van der Waals surface area contributed by atoms with Crippen molar-refractivity contribution < 1.29 is 5.11 Å². The quantitative estimate of drug-likeness (QED) is 0.618. The SMILES string of the molecule is NC(CO)CC1CNC2CCCCC12. The Hall–Kier alpha value is -0.120. The van der Waals surface area contributed by atoms with Gasteiger partial charge in [-0.2, -0.15) is 0 Å². The average Bonchev–Trinajstić information content (AvgIpc) is 2.62. The second-order valence-corrected chi connectivity index (χ2v) is 4.90. The number of fused-ring (bicyclic) bond motifs is 1. The maximum Gasteiger partial charge on any atom is 0.0582 e. The van der Waals surface area contributed by atoms with Crippen LogP contribution in [0.1, 0.15) is 32.1 Å². The number of hydrogen-bond acceptors (Lipinski definition) is 3. The molecule has 1 heterocycles. The lowest BCUT2D eigenvalue weighted by atomic mass is 9.78. The standard InChI is InChI=1S/C11H22N2O/c12-9(7-14)5-8-6-13-11-4-2-1-3-10(8)11/h8-11,13-14H,1-7,12H2. The van der Waals surface area contributed by atoms with Crippen molar-refractivity contribution in [2.45, 2.75) is 44.2 Å². The largest absolute Gasteiger partial charge is 0.395 e. The van der Waals surface area contributed by atoms with Crippen LogP contribution in [0.15, 0.2) is 0 Å². The predicted molar refractivity (Wildman–Crippen MR) is 56.9 cm³/mol. The van der Waals surface area contributed by atoms with Crippen LogP contribution in [0, 0.1) is 11.8 Å². The normalized spacial score (nSPS) is 39.4. The van der Waals surface area contributed by atoms with Crippen molar-refractivity contribution in [2.75, 3.05) is 13.2 Å². The van der Waals surface area contributed by atoms with E-state index in [0.29, 0.717) is 5.92 Å². The average molecular weight is 198 g/mol. The molecule has 1 aliphatic heterocycles. The molecule has 3 nitrogen and oxygen atoms in total. The fourth-order valence-corrected chi connectivity index (χ4v) is 3.15. The van der Waals surface area contributed by atoms with Crippen molar-refractivity contribution in [3.63, 3.8) is 0 Å². The van der Waals surface area contributed by atoms with Crippen LogP contribution in [-0.2, 0) is 0 Å². The van der Waals surface area contributed by atoms with Crippen molar-refractivity contribution in [1.29, 1.82) is 0 Å². The van der Waals surface area contributed by atoms with Gasteiger partial charge in [0, 0.05) is 12.1 Å². The summed E-state index contributed by atoms with van der Waals surface area (Å²) in [6.07, 6.45) is 6.46. The first-order valence-electron chi connectivity index (χ1n) is 5.91. The van der Waals surface area contributed by atoms with Crippen molar-refractivity contribution in [2.24, 2.45) is 17.6 Å². The van der Waals surface area contributed by atoms with E-state index >= 15 is 0 Å². The first-order valence-corrected chi connectivity index (χ1v) is 5.91. The molecule has 4 unspecified atom stereocenters. The highest BCUT2D eigenvalue weighted by molar-refractivity contribution is 4.93. The molecule has 0 bridgehead atoms. The Balaban J connectivity index is 1.87. The van der Waals surface area contributed by atoms with Crippen molar-refractivity contribution >= 4 is 0 Å². The maximum absolute atomic E-state index is 8.95. The number of nitrogens with two attached hydrogens (primary N) is 1. The minimum atomic E-state index is -0.0116. The highest BCUT2D eigenvalue weighted by Gasteiger charge is 2.37. The Labute approximate surface area is 86.1 Å². The van der Waals surface area contributed by atoms with Gasteiger partial charge in [-0.1, -0.05) is 12.8 Å². The molecule has 2 rings (SSSR count). The summed E-state index contributed by atoms with van der Waals surface area (Å²) in [5.74, 6) is 1.55. The summed E-state index contributed by atoms with van der Waals surface area (Å²) in [5, 5.41) is 12.5. The summed E-state index contributed by atoms with van der Waals surface area (Å²) in [6, 6.07) is 0.738. The zero-order valence-corrected chi connectivity index (χ0v) is 8.78. The second kappa shape index (κ2) is 4.60. The van der Waals surface area contributed by atoms with Crippen LogP contribution in [0.3, 0.4) is 0 Å². The lowest BCUT2D eigenvalue weighted by Gasteiger charge is -2.29. The summed E-state index contributed by atoms with van der Waals surface area (Å²) in [6.45, 7) is 1.25. The Bertz CT molecular complexity index is 186. The summed E-state index contributed by atoms with van der Waals surface area (Å²) in [5.41, 5.74) is 5.80. The first-order chi connectivity index (χ1) is 6.81. The molecule has 4 N–H and O–H groups in total. The van der Waals surface area contributed by atoms with E-state index in [1.165, 1.54) is 25.7 Å². The van der Waals surface area contributed by atoms with Gasteiger partial charge in [0.2, 0.25) is 0 Å². The molecule has 1 saturated heterocycles. The topological polar surface area (TPSA) is 58.3 Å². The van der Waals surface area contributed by atoms with E-state index in [4.69, 9.17) is 10.8 Å². The number of hydrogen-bond donors (Lipinski definition) is 3. The zero-order valence-electron chi connectivity index (χ0n) is 8.78. The monoisotopic (exact) mass is 198 g/mol. The van der Waals surface area contributed by atoms with Crippen molar-refractivity contribution in [1.82, 2.24) is 5.32 Å². The molecule has 0 radical (unpaired) electrons. The van der Waals surface area contributed by atoms with Crippen LogP contribution in [-0.4, -0.2) is 30.3 Å². The van der Waals surface area contributed by atoms with Crippen molar-refractivity contribution in [3.8, 4) is 0 Å². The van der Waals surface area contributed by atoms with E-state index in [-0.39, 0.29) is 12.6 Å². The highest BCUT2D eigenvalue weighted by atomic mass is 16.3. The molecule has 2 fully saturated rings. The molecule has 0 amide bonds. The lowest BCUT2D eigenvalue weighted by molar-refractivity contribution is 0.215. The van der Waals surface area contributed by atoms with Gasteiger partial charge in [-0.05, 0) is 37.6 Å². The molecule has 4 atom stereocenters. The van der Waals surface area contributed by atoms with Gasteiger partial charge in [0.25, 0.3) is 0 Å². The van der Waals surface area contributed by atoms with E-state index in [2.05, 4.69) is 5.32 Å². The Morgan fingerprint density at radius 1 is 1.36 bits per heavy atom. The lowest BCUT2D eigenvalue weighted by Crippen LogP contribution is -2.32. The van der Waals surface area contributed by atoms with Crippen LogP contribution in [0.25, 0.3) is 0 Å². The van der Waals surface area contributed by atoms with Gasteiger partial charge in [-0.25, -0.2) is 0 Å². The molecular weight excluding hydrogens is 176 g/mol. The minimum Gasteiger partial charge on any atom is -0.395 e. The van der Waals surface area contributed by atoms with Gasteiger partial charge in [0.15, 0.2) is 0 Å². The van der Waals surface area contributed by atoms with E-state index in [0.717, 1.165) is 24.9 Å². The number of rotatable bonds is 3.